The second-order valence-corrected chi connectivity index (χ2v) is 7.12. The maximum Gasteiger partial charge on any atom is 0.416 e. The van der Waals surface area contributed by atoms with Crippen molar-refractivity contribution in [2.75, 3.05) is 19.1 Å². The molecule has 0 bridgehead atoms. The van der Waals surface area contributed by atoms with E-state index in [4.69, 9.17) is 9.47 Å². The van der Waals surface area contributed by atoms with Gasteiger partial charge in [0.15, 0.2) is 0 Å². The van der Waals surface area contributed by atoms with Crippen molar-refractivity contribution in [3.63, 3.8) is 0 Å². The maximum atomic E-state index is 15.1. The van der Waals surface area contributed by atoms with Crippen molar-refractivity contribution < 1.29 is 27.0 Å². The highest BCUT2D eigenvalue weighted by Gasteiger charge is 2.34. The zero-order valence-electron chi connectivity index (χ0n) is 17.5. The van der Waals surface area contributed by atoms with Crippen molar-refractivity contribution in [2.45, 2.75) is 26.2 Å². The van der Waals surface area contributed by atoms with Crippen LogP contribution in [-0.4, -0.2) is 14.2 Å². The van der Waals surface area contributed by atoms with Crippen LogP contribution in [0.2, 0.25) is 0 Å². The topological polar surface area (TPSA) is 21.7 Å². The lowest BCUT2D eigenvalue weighted by atomic mass is 10.0. The Bertz CT molecular complexity index is 966. The summed E-state index contributed by atoms with van der Waals surface area (Å²) in [6, 6.07) is 16.6. The molecular formula is C24H23F4NO2. The van der Waals surface area contributed by atoms with E-state index >= 15 is 4.39 Å². The second kappa shape index (κ2) is 9.29. The van der Waals surface area contributed by atoms with Crippen LogP contribution in [0.3, 0.4) is 0 Å². The van der Waals surface area contributed by atoms with E-state index in [1.807, 2.05) is 24.3 Å². The molecule has 3 aromatic carbocycles. The van der Waals surface area contributed by atoms with Crippen molar-refractivity contribution in [1.29, 1.82) is 0 Å². The van der Waals surface area contributed by atoms with Crippen LogP contribution in [0.25, 0.3) is 0 Å². The van der Waals surface area contributed by atoms with Crippen molar-refractivity contribution in [1.82, 2.24) is 0 Å². The Morgan fingerprint density at radius 2 is 1.19 bits per heavy atom. The zero-order valence-corrected chi connectivity index (χ0v) is 17.5. The molecule has 0 fully saturated rings. The minimum atomic E-state index is -4.61. The summed E-state index contributed by atoms with van der Waals surface area (Å²) >= 11 is 0. The van der Waals surface area contributed by atoms with E-state index in [1.54, 1.807) is 43.4 Å². The van der Waals surface area contributed by atoms with Crippen LogP contribution >= 0.6 is 0 Å². The highest BCUT2D eigenvalue weighted by Crippen LogP contribution is 2.36. The fourth-order valence-corrected chi connectivity index (χ4v) is 3.35. The molecule has 3 aromatic rings. The number of hydrogen-bond donors (Lipinski definition) is 0. The molecule has 0 aromatic heterocycles. The van der Waals surface area contributed by atoms with Crippen molar-refractivity contribution in [3.05, 3.63) is 88.7 Å². The molecule has 3 nitrogen and oxygen atoms in total. The molecule has 31 heavy (non-hydrogen) atoms. The number of methoxy groups -OCH3 is 2. The summed E-state index contributed by atoms with van der Waals surface area (Å²) in [6.07, 6.45) is -4.61. The molecule has 0 saturated carbocycles. The molecule has 0 amide bonds. The average Bonchev–Trinajstić information content (AvgIpc) is 2.75. The Morgan fingerprint density at radius 1 is 0.742 bits per heavy atom. The molecule has 0 saturated heterocycles. The summed E-state index contributed by atoms with van der Waals surface area (Å²) in [5.74, 6) is 0.487. The van der Waals surface area contributed by atoms with Gasteiger partial charge in [-0.1, -0.05) is 24.3 Å². The van der Waals surface area contributed by atoms with Gasteiger partial charge in [0, 0.05) is 13.1 Å². The quantitative estimate of drug-likeness (QED) is 0.404. The minimum absolute atomic E-state index is 0.108. The van der Waals surface area contributed by atoms with Crippen LogP contribution in [0.1, 0.15) is 22.3 Å². The lowest BCUT2D eigenvalue weighted by Gasteiger charge is -2.27. The monoisotopic (exact) mass is 433 g/mol. The van der Waals surface area contributed by atoms with E-state index in [2.05, 4.69) is 0 Å². The fourth-order valence-electron chi connectivity index (χ4n) is 3.35. The Labute approximate surface area is 178 Å². The van der Waals surface area contributed by atoms with E-state index in [1.165, 1.54) is 6.07 Å². The molecule has 0 unspecified atom stereocenters. The summed E-state index contributed by atoms with van der Waals surface area (Å²) < 4.78 is 65.0. The van der Waals surface area contributed by atoms with Gasteiger partial charge in [0.2, 0.25) is 0 Å². The number of nitrogens with zero attached hydrogens (tertiary/aromatic N) is 1. The van der Waals surface area contributed by atoms with Gasteiger partial charge in [-0.15, -0.1) is 0 Å². The summed E-state index contributed by atoms with van der Waals surface area (Å²) in [4.78, 5) is 1.71. The molecule has 0 aliphatic heterocycles. The van der Waals surface area contributed by atoms with Crippen molar-refractivity contribution in [3.8, 4) is 11.5 Å². The van der Waals surface area contributed by atoms with Crippen LogP contribution < -0.4 is 14.4 Å². The third-order valence-corrected chi connectivity index (χ3v) is 5.08. The highest BCUT2D eigenvalue weighted by molar-refractivity contribution is 5.54. The molecule has 0 atom stereocenters. The number of benzene rings is 3. The van der Waals surface area contributed by atoms with Gasteiger partial charge in [0.05, 0.1) is 25.5 Å². The van der Waals surface area contributed by atoms with E-state index in [9.17, 15) is 13.2 Å². The van der Waals surface area contributed by atoms with Crippen molar-refractivity contribution in [2.24, 2.45) is 0 Å². The van der Waals surface area contributed by atoms with Gasteiger partial charge in [-0.25, -0.2) is 4.39 Å². The number of anilines is 1. The predicted octanol–water partition coefficient (Wildman–Crippen LogP) is 6.38. The molecule has 0 aliphatic carbocycles. The number of rotatable bonds is 7. The van der Waals surface area contributed by atoms with Gasteiger partial charge >= 0.3 is 6.18 Å². The van der Waals surface area contributed by atoms with E-state index in [-0.39, 0.29) is 5.69 Å². The normalized spacial score (nSPS) is 11.3. The lowest BCUT2D eigenvalue weighted by Crippen LogP contribution is -2.24. The average molecular weight is 433 g/mol. The second-order valence-electron chi connectivity index (χ2n) is 7.12. The van der Waals surface area contributed by atoms with Gasteiger partial charge in [0.1, 0.15) is 17.3 Å². The highest BCUT2D eigenvalue weighted by atomic mass is 19.4. The summed E-state index contributed by atoms with van der Waals surface area (Å²) in [5.41, 5.74) is 0.455. The summed E-state index contributed by atoms with van der Waals surface area (Å²) in [5, 5.41) is 0. The van der Waals surface area contributed by atoms with Gasteiger partial charge in [-0.05, 0) is 60.0 Å². The molecule has 0 heterocycles. The molecule has 0 radical (unpaired) electrons. The fraction of sp³-hybridized carbons (Fsp3) is 0.250. The minimum Gasteiger partial charge on any atom is -0.497 e. The maximum absolute atomic E-state index is 15.1. The van der Waals surface area contributed by atoms with Gasteiger partial charge in [-0.2, -0.15) is 13.2 Å². The number of hydrogen-bond acceptors (Lipinski definition) is 3. The first-order valence-corrected chi connectivity index (χ1v) is 9.60. The van der Waals surface area contributed by atoms with Crippen LogP contribution in [0.15, 0.2) is 60.7 Å². The Kier molecular flexibility index (Phi) is 6.73. The Balaban J connectivity index is 1.98. The number of alkyl halides is 3. The third kappa shape index (κ3) is 5.29. The molecular weight excluding hydrogens is 410 g/mol. The van der Waals surface area contributed by atoms with E-state index in [0.717, 1.165) is 24.1 Å². The first-order valence-electron chi connectivity index (χ1n) is 9.60. The number of halogens is 4. The predicted molar refractivity (Wildman–Crippen MR) is 112 cm³/mol. The van der Waals surface area contributed by atoms with Crippen LogP contribution in [-0.2, 0) is 19.3 Å². The third-order valence-electron chi connectivity index (χ3n) is 5.08. The first-order chi connectivity index (χ1) is 14.7. The van der Waals surface area contributed by atoms with Crippen LogP contribution in [0, 0.1) is 12.7 Å². The Hall–Kier alpha value is -3.22. The SMILES string of the molecule is COc1ccc(CN(Cc2ccc(OC)cc2)c2ccc(C(F)(F)F)c(C)c2F)cc1. The molecule has 3 rings (SSSR count). The van der Waals surface area contributed by atoms with Crippen molar-refractivity contribution >= 4 is 5.69 Å². The molecule has 0 aliphatic rings. The van der Waals surface area contributed by atoms with E-state index in [0.29, 0.717) is 24.6 Å². The standard InChI is InChI=1S/C24H23F4NO2/c1-16-21(24(26,27)28)12-13-22(23(16)25)29(14-17-4-8-19(30-2)9-5-17)15-18-6-10-20(31-3)11-7-18/h4-13H,14-15H2,1-3H3. The molecule has 7 heteroatoms. The van der Waals surface area contributed by atoms with Crippen LogP contribution in [0.4, 0.5) is 23.2 Å². The molecule has 0 spiro atoms. The summed E-state index contributed by atoms with van der Waals surface area (Å²) in [7, 11) is 3.12. The zero-order chi connectivity index (χ0) is 22.6. The number of ether oxygens (including phenoxy) is 2. The molecule has 164 valence electrons. The Morgan fingerprint density at radius 3 is 1.58 bits per heavy atom. The van der Waals surface area contributed by atoms with Gasteiger partial charge in [-0.3, -0.25) is 0 Å². The van der Waals surface area contributed by atoms with E-state index < -0.39 is 23.1 Å². The first kappa shape index (κ1) is 22.5. The largest absolute Gasteiger partial charge is 0.497 e. The molecule has 0 N–H and O–H groups in total. The lowest BCUT2D eigenvalue weighted by molar-refractivity contribution is -0.138. The summed E-state index contributed by atoms with van der Waals surface area (Å²) in [6.45, 7) is 1.76. The van der Waals surface area contributed by atoms with Gasteiger partial charge < -0.3 is 14.4 Å². The van der Waals surface area contributed by atoms with Crippen LogP contribution in [0.5, 0.6) is 11.5 Å². The smallest absolute Gasteiger partial charge is 0.416 e. The van der Waals surface area contributed by atoms with Gasteiger partial charge in [0.25, 0.3) is 0 Å².